The van der Waals surface area contributed by atoms with Crippen LogP contribution in [-0.2, 0) is 9.59 Å². The number of hydrogen-bond acceptors (Lipinski definition) is 4. The van der Waals surface area contributed by atoms with E-state index in [9.17, 15) is 14.4 Å². The lowest BCUT2D eigenvalue weighted by Crippen LogP contribution is -2.42. The smallest absolute Gasteiger partial charge is 0.326 e. The summed E-state index contributed by atoms with van der Waals surface area (Å²) >= 11 is 7.66. The highest BCUT2D eigenvalue weighted by molar-refractivity contribution is 8.01. The van der Waals surface area contributed by atoms with Crippen LogP contribution in [0.3, 0.4) is 0 Å². The highest BCUT2D eigenvalue weighted by Crippen LogP contribution is 2.45. The van der Waals surface area contributed by atoms with Crippen LogP contribution in [0.5, 0.6) is 0 Å². The van der Waals surface area contributed by atoms with Gasteiger partial charge in [-0.2, -0.15) is 0 Å². The van der Waals surface area contributed by atoms with Crippen molar-refractivity contribution >= 4 is 35.2 Å². The number of carbonyl (C=O) groups is 2. The molecule has 2 amide bonds. The molecule has 39 heavy (non-hydrogen) atoms. The summed E-state index contributed by atoms with van der Waals surface area (Å²) in [7, 11) is 0. The van der Waals surface area contributed by atoms with E-state index in [2.05, 4.69) is 18.8 Å². The summed E-state index contributed by atoms with van der Waals surface area (Å²) in [6, 6.07) is 17.5. The van der Waals surface area contributed by atoms with Crippen LogP contribution >= 0.6 is 23.4 Å². The Labute approximate surface area is 238 Å². The molecule has 0 bridgehead atoms. The molecule has 2 atom stereocenters. The minimum absolute atomic E-state index is 0.00579. The number of rotatable bonds is 8. The maximum atomic E-state index is 13.4. The van der Waals surface area contributed by atoms with Crippen LogP contribution in [0, 0.1) is 5.92 Å². The summed E-state index contributed by atoms with van der Waals surface area (Å²) in [5.41, 5.74) is 2.68. The van der Waals surface area contributed by atoms with E-state index in [4.69, 9.17) is 11.6 Å². The van der Waals surface area contributed by atoms with Crippen LogP contribution in [0.1, 0.15) is 56.5 Å². The Balaban J connectivity index is 1.21. The van der Waals surface area contributed by atoms with Gasteiger partial charge in [-0.25, -0.2) is 4.79 Å². The van der Waals surface area contributed by atoms with Crippen molar-refractivity contribution in [2.24, 2.45) is 5.92 Å². The van der Waals surface area contributed by atoms with Gasteiger partial charge in [-0.05, 0) is 48.4 Å². The van der Waals surface area contributed by atoms with Gasteiger partial charge < -0.3 is 14.8 Å². The summed E-state index contributed by atoms with van der Waals surface area (Å²) in [5.74, 6) is 0.523. The highest BCUT2D eigenvalue weighted by atomic mass is 35.5. The number of nitrogens with zero attached hydrogens (tertiary/aromatic N) is 3. The number of aromatic nitrogens is 2. The first-order valence-electron chi connectivity index (χ1n) is 13.7. The van der Waals surface area contributed by atoms with Gasteiger partial charge in [0.1, 0.15) is 5.37 Å². The van der Waals surface area contributed by atoms with Gasteiger partial charge in [0.15, 0.2) is 0 Å². The van der Waals surface area contributed by atoms with E-state index in [1.165, 1.54) is 0 Å². The van der Waals surface area contributed by atoms with E-state index in [0.29, 0.717) is 43.4 Å². The van der Waals surface area contributed by atoms with Crippen molar-refractivity contribution in [3.05, 3.63) is 81.9 Å². The van der Waals surface area contributed by atoms with E-state index in [1.807, 2.05) is 70.6 Å². The Bertz CT molecular complexity index is 1350. The first-order chi connectivity index (χ1) is 18.8. The first kappa shape index (κ1) is 27.6. The molecule has 7 nitrogen and oxygen atoms in total. The molecule has 0 aliphatic carbocycles. The molecule has 2 saturated heterocycles. The summed E-state index contributed by atoms with van der Waals surface area (Å²) in [6.45, 7) is 6.12. The lowest BCUT2D eigenvalue weighted by Gasteiger charge is -2.32. The Morgan fingerprint density at radius 1 is 1.05 bits per heavy atom. The van der Waals surface area contributed by atoms with Crippen molar-refractivity contribution in [3.63, 3.8) is 0 Å². The molecule has 206 valence electrons. The summed E-state index contributed by atoms with van der Waals surface area (Å²) < 4.78 is 1.77. The molecular weight excluding hydrogens is 532 g/mol. The third-order valence-electron chi connectivity index (χ3n) is 7.64. The number of thioether (sulfide) groups is 1. The van der Waals surface area contributed by atoms with Crippen molar-refractivity contribution in [3.8, 4) is 11.3 Å². The Morgan fingerprint density at radius 3 is 2.41 bits per heavy atom. The second-order valence-corrected chi connectivity index (χ2v) is 12.5. The van der Waals surface area contributed by atoms with Crippen LogP contribution in [0.25, 0.3) is 11.3 Å². The molecule has 9 heteroatoms. The summed E-state index contributed by atoms with van der Waals surface area (Å²) in [5, 5.41) is 0.148. The number of carbonyl (C=O) groups excluding carboxylic acids is 2. The van der Waals surface area contributed by atoms with Gasteiger partial charge in [0, 0.05) is 43.3 Å². The third-order valence-corrected chi connectivity index (χ3v) is 9.37. The lowest BCUT2D eigenvalue weighted by atomic mass is 10.0. The number of likely N-dealkylation sites (tertiary alicyclic amines) is 1. The van der Waals surface area contributed by atoms with Gasteiger partial charge in [0.05, 0.1) is 10.9 Å². The SMILES string of the molecule is CC(C)CCN1C(=O)C(CC(=O)N2CCC(n3cc(-c4ccccc4)[nH]c3=O)CC2)SC1c1ccc(Cl)cc1. The number of halogens is 1. The number of imidazole rings is 1. The fourth-order valence-electron chi connectivity index (χ4n) is 5.36. The van der Waals surface area contributed by atoms with Gasteiger partial charge in [-0.15, -0.1) is 11.8 Å². The fourth-order valence-corrected chi connectivity index (χ4v) is 6.96. The van der Waals surface area contributed by atoms with Crippen molar-refractivity contribution in [2.45, 2.75) is 56.2 Å². The Hall–Kier alpha value is -2.97. The van der Waals surface area contributed by atoms with Crippen LogP contribution in [0.4, 0.5) is 0 Å². The van der Waals surface area contributed by atoms with Crippen molar-refractivity contribution in [1.29, 1.82) is 0 Å². The summed E-state index contributed by atoms with van der Waals surface area (Å²) in [4.78, 5) is 46.2. The Morgan fingerprint density at radius 2 is 1.74 bits per heavy atom. The number of hydrogen-bond donors (Lipinski definition) is 1. The maximum Gasteiger partial charge on any atom is 0.326 e. The molecular formula is C30H35ClN4O3S. The molecule has 1 N–H and O–H groups in total. The second-order valence-electron chi connectivity index (χ2n) is 10.8. The largest absolute Gasteiger partial charge is 0.342 e. The van der Waals surface area contributed by atoms with Gasteiger partial charge in [-0.3, -0.25) is 14.2 Å². The topological polar surface area (TPSA) is 78.4 Å². The van der Waals surface area contributed by atoms with Crippen LogP contribution in [0.15, 0.2) is 65.6 Å². The zero-order valence-corrected chi connectivity index (χ0v) is 24.0. The molecule has 2 aromatic carbocycles. The zero-order valence-electron chi connectivity index (χ0n) is 22.4. The number of nitrogens with one attached hydrogen (secondary N) is 1. The molecule has 0 spiro atoms. The number of H-pyrrole nitrogens is 1. The molecule has 3 aromatic rings. The van der Waals surface area contributed by atoms with Crippen LogP contribution in [-0.4, -0.2) is 56.0 Å². The van der Waals surface area contributed by atoms with E-state index in [1.54, 1.807) is 16.3 Å². The minimum Gasteiger partial charge on any atom is -0.342 e. The summed E-state index contributed by atoms with van der Waals surface area (Å²) in [6.07, 6.45) is 4.40. The van der Waals surface area contributed by atoms with Crippen molar-refractivity contribution < 1.29 is 9.59 Å². The quantitative estimate of drug-likeness (QED) is 0.377. The molecule has 0 saturated carbocycles. The molecule has 5 rings (SSSR count). The van der Waals surface area contributed by atoms with Gasteiger partial charge in [0.25, 0.3) is 0 Å². The van der Waals surface area contributed by atoms with E-state index in [-0.39, 0.29) is 35.3 Å². The predicted molar refractivity (Wildman–Crippen MR) is 157 cm³/mol. The number of aromatic amines is 1. The van der Waals surface area contributed by atoms with E-state index < -0.39 is 5.25 Å². The molecule has 2 fully saturated rings. The highest BCUT2D eigenvalue weighted by Gasteiger charge is 2.42. The van der Waals surface area contributed by atoms with Crippen molar-refractivity contribution in [1.82, 2.24) is 19.4 Å². The normalized spacial score (nSPS) is 20.3. The number of piperidine rings is 1. The standard InChI is InChI=1S/C30H35ClN4O3S/c1-20(2)12-17-34-28(37)26(39-29(34)22-8-10-23(31)11-9-22)18-27(36)33-15-13-24(14-16-33)35-19-25(32-30(35)38)21-6-4-3-5-7-21/h3-11,19-20,24,26,29H,12-18H2,1-2H3,(H,32,38). The van der Waals surface area contributed by atoms with Gasteiger partial charge in [0.2, 0.25) is 11.8 Å². The second kappa shape index (κ2) is 12.0. The minimum atomic E-state index is -0.399. The van der Waals surface area contributed by atoms with Gasteiger partial charge in [-0.1, -0.05) is 67.9 Å². The van der Waals surface area contributed by atoms with Crippen LogP contribution in [0.2, 0.25) is 5.02 Å². The van der Waals surface area contributed by atoms with E-state index in [0.717, 1.165) is 23.2 Å². The average molecular weight is 567 g/mol. The van der Waals surface area contributed by atoms with Gasteiger partial charge >= 0.3 is 5.69 Å². The monoisotopic (exact) mass is 566 g/mol. The average Bonchev–Trinajstić information content (AvgIpc) is 3.48. The first-order valence-corrected chi connectivity index (χ1v) is 15.0. The molecule has 0 radical (unpaired) electrons. The predicted octanol–water partition coefficient (Wildman–Crippen LogP) is 5.74. The van der Waals surface area contributed by atoms with Crippen LogP contribution < -0.4 is 5.69 Å². The van der Waals surface area contributed by atoms with Crippen molar-refractivity contribution in [2.75, 3.05) is 19.6 Å². The molecule has 1 aromatic heterocycles. The fraction of sp³-hybridized carbons (Fsp3) is 0.433. The zero-order chi connectivity index (χ0) is 27.5. The maximum absolute atomic E-state index is 13.4. The third kappa shape index (κ3) is 6.28. The molecule has 3 heterocycles. The molecule has 2 unspecified atom stereocenters. The number of benzene rings is 2. The molecule has 2 aliphatic rings. The Kier molecular flexibility index (Phi) is 8.52. The number of amides is 2. The van der Waals surface area contributed by atoms with E-state index >= 15 is 0 Å². The lowest BCUT2D eigenvalue weighted by molar-refractivity contribution is -0.136. The molecule has 2 aliphatic heterocycles.